The van der Waals surface area contributed by atoms with E-state index in [-0.39, 0.29) is 11.9 Å². The van der Waals surface area contributed by atoms with Gasteiger partial charge in [-0.3, -0.25) is 9.69 Å². The van der Waals surface area contributed by atoms with Gasteiger partial charge in [-0.2, -0.15) is 0 Å². The Bertz CT molecular complexity index is 855. The Kier molecular flexibility index (Phi) is 6.59. The highest BCUT2D eigenvalue weighted by Gasteiger charge is 2.34. The highest BCUT2D eigenvalue weighted by molar-refractivity contribution is 5.70. The summed E-state index contributed by atoms with van der Waals surface area (Å²) in [4.78, 5) is 13.7. The fraction of sp³-hybridized carbons (Fsp3) is 0.409. The van der Waals surface area contributed by atoms with Crippen LogP contribution in [0.3, 0.4) is 0 Å². The average molecular weight is 403 g/mol. The van der Waals surface area contributed by atoms with Crippen molar-refractivity contribution in [1.82, 2.24) is 4.90 Å². The van der Waals surface area contributed by atoms with Gasteiger partial charge in [-0.25, -0.2) is 4.39 Å². The first kappa shape index (κ1) is 20.9. The maximum absolute atomic E-state index is 13.6. The zero-order chi connectivity index (χ0) is 21.0. The molecule has 1 aliphatic rings. The van der Waals surface area contributed by atoms with E-state index in [1.807, 2.05) is 6.07 Å². The summed E-state index contributed by atoms with van der Waals surface area (Å²) in [7, 11) is 4.65. The number of methoxy groups -OCH3 is 3. The number of hydrogen-bond acceptors (Lipinski definition) is 5. The Morgan fingerprint density at radius 1 is 1.07 bits per heavy atom. The third-order valence-electron chi connectivity index (χ3n) is 5.38. The van der Waals surface area contributed by atoms with Crippen LogP contribution in [-0.4, -0.2) is 50.4 Å². The third kappa shape index (κ3) is 4.29. The first-order valence-electron chi connectivity index (χ1n) is 9.51. The molecule has 6 nitrogen and oxygen atoms in total. The van der Waals surface area contributed by atoms with Gasteiger partial charge in [0.25, 0.3) is 0 Å². The van der Waals surface area contributed by atoms with Gasteiger partial charge in [0, 0.05) is 12.1 Å². The molecule has 0 spiro atoms. The molecule has 1 N–H and O–H groups in total. The lowest BCUT2D eigenvalue weighted by Gasteiger charge is -2.38. The number of carboxylic acids is 1. The molecular weight excluding hydrogens is 377 g/mol. The molecule has 29 heavy (non-hydrogen) atoms. The maximum Gasteiger partial charge on any atom is 0.307 e. The molecule has 0 saturated carbocycles. The average Bonchev–Trinajstić information content (AvgIpc) is 2.74. The van der Waals surface area contributed by atoms with E-state index in [1.54, 1.807) is 39.5 Å². The van der Waals surface area contributed by atoms with E-state index in [0.29, 0.717) is 30.2 Å². The van der Waals surface area contributed by atoms with Crippen molar-refractivity contribution < 1.29 is 28.5 Å². The summed E-state index contributed by atoms with van der Waals surface area (Å²) in [6.07, 6.45) is 1.41. The number of aliphatic carboxylic acids is 1. The summed E-state index contributed by atoms with van der Waals surface area (Å²) in [6.45, 7) is 1.12. The minimum absolute atomic E-state index is 0.312. The standard InChI is InChI=1S/C22H26FNO5/c1-27-18-11-10-17(20(28-2)21(18)29-3)19(14-6-8-16(23)9-7-14)24-12-4-5-15(13-24)22(25)26/h6-11,15,19H,4-5,12-13H2,1-3H3,(H,25,26). The molecule has 1 saturated heterocycles. The van der Waals surface area contributed by atoms with Gasteiger partial charge in [-0.1, -0.05) is 12.1 Å². The van der Waals surface area contributed by atoms with Crippen molar-refractivity contribution in [1.29, 1.82) is 0 Å². The molecule has 1 fully saturated rings. The van der Waals surface area contributed by atoms with E-state index >= 15 is 0 Å². The third-order valence-corrected chi connectivity index (χ3v) is 5.38. The normalized spacial score (nSPS) is 18.1. The fourth-order valence-corrected chi connectivity index (χ4v) is 4.01. The lowest BCUT2D eigenvalue weighted by molar-refractivity contribution is -0.143. The summed E-state index contributed by atoms with van der Waals surface area (Å²) in [6, 6.07) is 9.64. The molecule has 0 aromatic heterocycles. The molecular formula is C22H26FNO5. The molecule has 0 radical (unpaired) electrons. The van der Waals surface area contributed by atoms with Crippen molar-refractivity contribution in [2.45, 2.75) is 18.9 Å². The number of nitrogens with zero attached hydrogens (tertiary/aromatic N) is 1. The van der Waals surface area contributed by atoms with Crippen LogP contribution in [0.5, 0.6) is 17.2 Å². The molecule has 0 amide bonds. The molecule has 2 atom stereocenters. The van der Waals surface area contributed by atoms with Crippen molar-refractivity contribution in [3.05, 3.63) is 53.3 Å². The summed E-state index contributed by atoms with van der Waals surface area (Å²) in [5.41, 5.74) is 1.66. The minimum Gasteiger partial charge on any atom is -0.493 e. The second-order valence-corrected chi connectivity index (χ2v) is 7.05. The molecule has 1 aliphatic heterocycles. The smallest absolute Gasteiger partial charge is 0.307 e. The van der Waals surface area contributed by atoms with Crippen LogP contribution in [-0.2, 0) is 4.79 Å². The van der Waals surface area contributed by atoms with E-state index in [4.69, 9.17) is 14.2 Å². The lowest BCUT2D eigenvalue weighted by atomic mass is 9.90. The minimum atomic E-state index is -0.799. The molecule has 7 heteroatoms. The number of halogens is 1. The number of ether oxygens (including phenoxy) is 3. The zero-order valence-corrected chi connectivity index (χ0v) is 16.9. The van der Waals surface area contributed by atoms with Crippen LogP contribution in [0.1, 0.15) is 30.0 Å². The van der Waals surface area contributed by atoms with Crippen molar-refractivity contribution in [3.8, 4) is 17.2 Å². The molecule has 156 valence electrons. The summed E-state index contributed by atoms with van der Waals surface area (Å²) in [5, 5.41) is 9.53. The van der Waals surface area contributed by atoms with Gasteiger partial charge in [0.1, 0.15) is 5.82 Å². The maximum atomic E-state index is 13.6. The topological polar surface area (TPSA) is 68.2 Å². The van der Waals surface area contributed by atoms with Gasteiger partial charge in [0.2, 0.25) is 5.75 Å². The number of hydrogen-bond donors (Lipinski definition) is 1. The zero-order valence-electron chi connectivity index (χ0n) is 16.9. The molecule has 2 aromatic rings. The summed E-state index contributed by atoms with van der Waals surface area (Å²) >= 11 is 0. The van der Waals surface area contributed by atoms with Crippen LogP contribution < -0.4 is 14.2 Å². The van der Waals surface area contributed by atoms with Crippen LogP contribution in [0.15, 0.2) is 36.4 Å². The SMILES string of the molecule is COc1ccc(C(c2ccc(F)cc2)N2CCCC(C(=O)O)C2)c(OC)c1OC. The van der Waals surface area contributed by atoms with Crippen LogP contribution in [0, 0.1) is 11.7 Å². The summed E-state index contributed by atoms with van der Waals surface area (Å²) < 4.78 is 30.2. The number of likely N-dealkylation sites (tertiary alicyclic amines) is 1. The molecule has 2 aromatic carbocycles. The molecule has 3 rings (SSSR count). The number of benzene rings is 2. The van der Waals surface area contributed by atoms with Gasteiger partial charge in [0.05, 0.1) is 33.3 Å². The van der Waals surface area contributed by atoms with E-state index in [2.05, 4.69) is 4.90 Å². The summed E-state index contributed by atoms with van der Waals surface area (Å²) in [5.74, 6) is -0.0588. The quantitative estimate of drug-likeness (QED) is 0.760. The Morgan fingerprint density at radius 2 is 1.76 bits per heavy atom. The first-order valence-corrected chi connectivity index (χ1v) is 9.51. The number of carboxylic acid groups (broad SMARTS) is 1. The van der Waals surface area contributed by atoms with Crippen molar-refractivity contribution in [2.75, 3.05) is 34.4 Å². The molecule has 1 heterocycles. The van der Waals surface area contributed by atoms with Crippen molar-refractivity contribution in [2.24, 2.45) is 5.92 Å². The van der Waals surface area contributed by atoms with Crippen molar-refractivity contribution in [3.63, 3.8) is 0 Å². The van der Waals surface area contributed by atoms with E-state index in [9.17, 15) is 14.3 Å². The highest BCUT2D eigenvalue weighted by atomic mass is 19.1. The number of carbonyl (C=O) groups is 1. The van der Waals surface area contributed by atoms with Gasteiger partial charge in [0.15, 0.2) is 11.5 Å². The second-order valence-electron chi connectivity index (χ2n) is 7.05. The number of rotatable bonds is 7. The van der Waals surface area contributed by atoms with Gasteiger partial charge < -0.3 is 19.3 Å². The molecule has 2 unspecified atom stereocenters. The predicted molar refractivity (Wildman–Crippen MR) is 106 cm³/mol. The highest BCUT2D eigenvalue weighted by Crippen LogP contribution is 2.45. The number of piperidine rings is 1. The van der Waals surface area contributed by atoms with E-state index in [0.717, 1.165) is 24.1 Å². The first-order chi connectivity index (χ1) is 14.0. The second kappa shape index (κ2) is 9.13. The van der Waals surface area contributed by atoms with Crippen LogP contribution in [0.2, 0.25) is 0 Å². The monoisotopic (exact) mass is 403 g/mol. The van der Waals surface area contributed by atoms with Gasteiger partial charge >= 0.3 is 5.97 Å². The Labute approximate surface area is 169 Å². The van der Waals surface area contributed by atoms with E-state index in [1.165, 1.54) is 12.1 Å². The van der Waals surface area contributed by atoms with Crippen LogP contribution in [0.4, 0.5) is 4.39 Å². The van der Waals surface area contributed by atoms with Crippen molar-refractivity contribution >= 4 is 5.97 Å². The van der Waals surface area contributed by atoms with Gasteiger partial charge in [-0.05, 0) is 49.2 Å². The Morgan fingerprint density at radius 3 is 2.34 bits per heavy atom. The largest absolute Gasteiger partial charge is 0.493 e. The van der Waals surface area contributed by atoms with Crippen LogP contribution in [0.25, 0.3) is 0 Å². The van der Waals surface area contributed by atoms with Crippen LogP contribution >= 0.6 is 0 Å². The lowest BCUT2D eigenvalue weighted by Crippen LogP contribution is -2.41. The Hall–Kier alpha value is -2.80. The fourth-order valence-electron chi connectivity index (χ4n) is 4.01. The van der Waals surface area contributed by atoms with Gasteiger partial charge in [-0.15, -0.1) is 0 Å². The molecule has 0 bridgehead atoms. The van der Waals surface area contributed by atoms with E-state index < -0.39 is 11.9 Å². The molecule has 0 aliphatic carbocycles. The predicted octanol–water partition coefficient (Wildman–Crippen LogP) is 3.74. The Balaban J connectivity index is 2.13.